The molecular formula is C16H16ClNS2. The van der Waals surface area contributed by atoms with Crippen LogP contribution in [0.2, 0.25) is 5.02 Å². The molecule has 0 spiro atoms. The Hall–Kier alpha value is -0.900. The smallest absolute Gasteiger partial charge is 0.0910 e. The lowest BCUT2D eigenvalue weighted by Gasteiger charge is -2.16. The molecule has 0 aromatic heterocycles. The Bertz CT molecular complexity index is 567. The van der Waals surface area contributed by atoms with E-state index in [1.165, 1.54) is 5.56 Å². The maximum absolute atomic E-state index is 5.91. The van der Waals surface area contributed by atoms with Gasteiger partial charge in [-0.25, -0.2) is 4.99 Å². The standard InChI is InChI=1S/C16H16ClNS2/c1-19-15(12-6-4-3-5-7-12)16(20-2)18-14-10-8-13(17)9-11-14/h3-11,15H,1-2H3. The lowest BCUT2D eigenvalue weighted by Crippen LogP contribution is -2.04. The van der Waals surface area contributed by atoms with E-state index in [1.54, 1.807) is 23.5 Å². The van der Waals surface area contributed by atoms with Crippen molar-refractivity contribution >= 4 is 45.9 Å². The van der Waals surface area contributed by atoms with E-state index >= 15 is 0 Å². The Morgan fingerprint density at radius 3 is 2.20 bits per heavy atom. The molecule has 2 aromatic rings. The van der Waals surface area contributed by atoms with E-state index in [0.717, 1.165) is 15.8 Å². The largest absolute Gasteiger partial charge is 0.245 e. The number of hydrogen-bond donors (Lipinski definition) is 0. The summed E-state index contributed by atoms with van der Waals surface area (Å²) in [6.45, 7) is 0. The minimum Gasteiger partial charge on any atom is -0.245 e. The van der Waals surface area contributed by atoms with Crippen molar-refractivity contribution in [3.05, 3.63) is 65.2 Å². The highest BCUT2D eigenvalue weighted by Crippen LogP contribution is 2.33. The molecule has 0 aliphatic rings. The van der Waals surface area contributed by atoms with Crippen LogP contribution in [0.4, 0.5) is 5.69 Å². The van der Waals surface area contributed by atoms with Crippen LogP contribution in [0.15, 0.2) is 59.6 Å². The molecule has 4 heteroatoms. The van der Waals surface area contributed by atoms with Crippen molar-refractivity contribution in [1.29, 1.82) is 0 Å². The number of nitrogens with zero attached hydrogens (tertiary/aromatic N) is 1. The molecule has 104 valence electrons. The van der Waals surface area contributed by atoms with Gasteiger partial charge in [0.05, 0.1) is 16.0 Å². The minimum atomic E-state index is 0.266. The lowest BCUT2D eigenvalue weighted by molar-refractivity contribution is 1.30. The average molecular weight is 322 g/mol. The summed E-state index contributed by atoms with van der Waals surface area (Å²) in [6.07, 6.45) is 4.19. The third-order valence-electron chi connectivity index (χ3n) is 2.84. The van der Waals surface area contributed by atoms with E-state index < -0.39 is 0 Å². The number of hydrogen-bond acceptors (Lipinski definition) is 3. The highest BCUT2D eigenvalue weighted by Gasteiger charge is 2.16. The first kappa shape index (κ1) is 15.5. The Kier molecular flexibility index (Phi) is 6.02. The zero-order valence-corrected chi connectivity index (χ0v) is 13.8. The SMILES string of the molecule is CSC(=Nc1ccc(Cl)cc1)C(SC)c1ccccc1. The molecule has 20 heavy (non-hydrogen) atoms. The zero-order valence-electron chi connectivity index (χ0n) is 11.4. The van der Waals surface area contributed by atoms with Crippen LogP contribution < -0.4 is 0 Å². The molecule has 2 aromatic carbocycles. The summed E-state index contributed by atoms with van der Waals surface area (Å²) < 4.78 is 0. The average Bonchev–Trinajstić information content (AvgIpc) is 2.50. The molecule has 0 saturated heterocycles. The molecule has 0 radical (unpaired) electrons. The molecule has 0 aliphatic carbocycles. The summed E-state index contributed by atoms with van der Waals surface area (Å²) in [5.41, 5.74) is 2.22. The molecular weight excluding hydrogens is 306 g/mol. The predicted octanol–water partition coefficient (Wildman–Crippen LogP) is 5.84. The first-order valence-corrected chi connectivity index (χ1v) is 9.09. The number of halogens is 1. The molecule has 1 nitrogen and oxygen atoms in total. The van der Waals surface area contributed by atoms with Crippen molar-refractivity contribution in [3.63, 3.8) is 0 Å². The van der Waals surface area contributed by atoms with Crippen molar-refractivity contribution in [2.45, 2.75) is 5.25 Å². The molecule has 0 heterocycles. The number of thioether (sulfide) groups is 2. The van der Waals surface area contributed by atoms with Gasteiger partial charge in [-0.05, 0) is 42.3 Å². The van der Waals surface area contributed by atoms with Crippen LogP contribution in [-0.2, 0) is 0 Å². The summed E-state index contributed by atoms with van der Waals surface area (Å²) in [5, 5.41) is 2.10. The van der Waals surface area contributed by atoms with E-state index in [-0.39, 0.29) is 5.25 Å². The fourth-order valence-electron chi connectivity index (χ4n) is 1.86. The van der Waals surface area contributed by atoms with Crippen LogP contribution in [0, 0.1) is 0 Å². The molecule has 0 N–H and O–H groups in total. The topological polar surface area (TPSA) is 12.4 Å². The summed E-state index contributed by atoms with van der Waals surface area (Å²) in [7, 11) is 0. The third-order valence-corrected chi connectivity index (χ3v) is 4.95. The monoisotopic (exact) mass is 321 g/mol. The number of aliphatic imine (C=N–C) groups is 1. The predicted molar refractivity (Wildman–Crippen MR) is 94.8 cm³/mol. The molecule has 1 atom stereocenters. The van der Waals surface area contributed by atoms with Crippen LogP contribution in [0.1, 0.15) is 10.8 Å². The molecule has 0 aliphatic heterocycles. The molecule has 0 bridgehead atoms. The van der Waals surface area contributed by atoms with Crippen LogP contribution in [0.25, 0.3) is 0 Å². The summed E-state index contributed by atoms with van der Waals surface area (Å²) in [5.74, 6) is 0. The van der Waals surface area contributed by atoms with E-state index in [0.29, 0.717) is 0 Å². The summed E-state index contributed by atoms with van der Waals surface area (Å²) >= 11 is 9.40. The minimum absolute atomic E-state index is 0.266. The van der Waals surface area contributed by atoms with Crippen LogP contribution in [0.3, 0.4) is 0 Å². The van der Waals surface area contributed by atoms with Gasteiger partial charge in [-0.2, -0.15) is 11.8 Å². The maximum atomic E-state index is 5.91. The van der Waals surface area contributed by atoms with Gasteiger partial charge in [0.2, 0.25) is 0 Å². The molecule has 0 fully saturated rings. The van der Waals surface area contributed by atoms with Crippen LogP contribution >= 0.6 is 35.1 Å². The summed E-state index contributed by atoms with van der Waals surface area (Å²) in [6, 6.07) is 18.1. The Morgan fingerprint density at radius 1 is 1.00 bits per heavy atom. The molecule has 2 rings (SSSR count). The van der Waals surface area contributed by atoms with E-state index in [4.69, 9.17) is 16.6 Å². The maximum Gasteiger partial charge on any atom is 0.0910 e. The quantitative estimate of drug-likeness (QED) is 0.518. The first-order chi connectivity index (χ1) is 9.74. The van der Waals surface area contributed by atoms with Crippen molar-refractivity contribution in [1.82, 2.24) is 0 Å². The van der Waals surface area contributed by atoms with Gasteiger partial charge >= 0.3 is 0 Å². The Labute approximate surface area is 133 Å². The van der Waals surface area contributed by atoms with Crippen molar-refractivity contribution in [2.24, 2.45) is 4.99 Å². The molecule has 0 saturated carbocycles. The number of rotatable bonds is 4. The van der Waals surface area contributed by atoms with Gasteiger partial charge in [-0.15, -0.1) is 11.8 Å². The normalized spacial score (nSPS) is 13.2. The van der Waals surface area contributed by atoms with E-state index in [1.807, 2.05) is 30.3 Å². The summed E-state index contributed by atoms with van der Waals surface area (Å²) in [4.78, 5) is 4.77. The van der Waals surface area contributed by atoms with Crippen molar-refractivity contribution in [3.8, 4) is 0 Å². The fourth-order valence-corrected chi connectivity index (χ4v) is 3.80. The highest BCUT2D eigenvalue weighted by atomic mass is 35.5. The Balaban J connectivity index is 2.32. The van der Waals surface area contributed by atoms with Crippen molar-refractivity contribution < 1.29 is 0 Å². The van der Waals surface area contributed by atoms with Gasteiger partial charge < -0.3 is 0 Å². The first-order valence-electron chi connectivity index (χ1n) is 6.20. The molecule has 1 unspecified atom stereocenters. The van der Waals surface area contributed by atoms with Gasteiger partial charge in [0, 0.05) is 5.02 Å². The number of benzene rings is 2. The second-order valence-electron chi connectivity index (χ2n) is 4.16. The zero-order chi connectivity index (χ0) is 14.4. The van der Waals surface area contributed by atoms with Crippen molar-refractivity contribution in [2.75, 3.05) is 12.5 Å². The van der Waals surface area contributed by atoms with E-state index in [2.05, 4.69) is 36.8 Å². The van der Waals surface area contributed by atoms with Gasteiger partial charge in [0.25, 0.3) is 0 Å². The van der Waals surface area contributed by atoms with Gasteiger partial charge in [-0.1, -0.05) is 41.9 Å². The second kappa shape index (κ2) is 7.77. The Morgan fingerprint density at radius 2 is 1.65 bits per heavy atom. The second-order valence-corrected chi connectivity index (χ2v) is 6.36. The van der Waals surface area contributed by atoms with Crippen LogP contribution in [-0.4, -0.2) is 17.6 Å². The lowest BCUT2D eigenvalue weighted by atomic mass is 10.1. The van der Waals surface area contributed by atoms with Gasteiger partial charge in [-0.3, -0.25) is 0 Å². The van der Waals surface area contributed by atoms with Crippen LogP contribution in [0.5, 0.6) is 0 Å². The van der Waals surface area contributed by atoms with Gasteiger partial charge in [0.1, 0.15) is 0 Å². The third kappa shape index (κ3) is 4.05. The molecule has 0 amide bonds. The van der Waals surface area contributed by atoms with Gasteiger partial charge in [0.15, 0.2) is 0 Å². The van der Waals surface area contributed by atoms with E-state index in [9.17, 15) is 0 Å². The highest BCUT2D eigenvalue weighted by molar-refractivity contribution is 8.15. The fraction of sp³-hybridized carbons (Fsp3) is 0.188.